The molecule has 2 aromatic heterocycles. The summed E-state index contributed by atoms with van der Waals surface area (Å²) in [5.41, 5.74) is 2.41. The first-order valence-corrected chi connectivity index (χ1v) is 12.2. The number of carboxylic acid groups (broad SMARTS) is 1. The van der Waals surface area contributed by atoms with E-state index in [1.807, 2.05) is 85.1 Å². The average Bonchev–Trinajstić information content (AvgIpc) is 3.56. The van der Waals surface area contributed by atoms with E-state index in [1.54, 1.807) is 19.9 Å². The smallest absolute Gasteiger partial charge is 0.347 e. The number of fused-ring (bicyclic) bond motifs is 1. The van der Waals surface area contributed by atoms with Crippen molar-refractivity contribution in [1.82, 2.24) is 9.72 Å². The lowest BCUT2D eigenvalue weighted by atomic mass is 10.1. The van der Waals surface area contributed by atoms with Gasteiger partial charge < -0.3 is 23.7 Å². The fourth-order valence-corrected chi connectivity index (χ4v) is 4.09. The van der Waals surface area contributed by atoms with Gasteiger partial charge in [0.05, 0.1) is 12.1 Å². The Morgan fingerprint density at radius 2 is 1.76 bits per heavy atom. The Labute approximate surface area is 214 Å². The SMILES string of the molecule is CC(C)(Oc1cccc2c1ccn2CCCOc1ccc(-c2cc(-c3ccccc3)on2)cc1)C(=O)O. The molecule has 37 heavy (non-hydrogen) atoms. The van der Waals surface area contributed by atoms with Gasteiger partial charge in [-0.05, 0) is 62.7 Å². The van der Waals surface area contributed by atoms with Crippen LogP contribution in [0.1, 0.15) is 20.3 Å². The van der Waals surface area contributed by atoms with Crippen molar-refractivity contribution in [2.75, 3.05) is 6.61 Å². The van der Waals surface area contributed by atoms with Crippen molar-refractivity contribution in [3.8, 4) is 34.1 Å². The summed E-state index contributed by atoms with van der Waals surface area (Å²) in [5.74, 6) is 1.08. The molecule has 0 unspecified atom stereocenters. The highest BCUT2D eigenvalue weighted by molar-refractivity contribution is 5.87. The summed E-state index contributed by atoms with van der Waals surface area (Å²) in [6.07, 6.45) is 2.79. The molecule has 0 aliphatic heterocycles. The number of aromatic nitrogens is 2. The minimum Gasteiger partial charge on any atom is -0.494 e. The van der Waals surface area contributed by atoms with Crippen molar-refractivity contribution >= 4 is 16.9 Å². The number of hydrogen-bond donors (Lipinski definition) is 1. The summed E-state index contributed by atoms with van der Waals surface area (Å²) < 4.78 is 19.4. The van der Waals surface area contributed by atoms with E-state index >= 15 is 0 Å². The lowest BCUT2D eigenvalue weighted by molar-refractivity contribution is -0.152. The summed E-state index contributed by atoms with van der Waals surface area (Å²) in [7, 11) is 0. The van der Waals surface area contributed by atoms with Gasteiger partial charge in [-0.2, -0.15) is 0 Å². The van der Waals surface area contributed by atoms with Crippen LogP contribution in [0.2, 0.25) is 0 Å². The van der Waals surface area contributed by atoms with Crippen LogP contribution < -0.4 is 9.47 Å². The van der Waals surface area contributed by atoms with Crippen LogP contribution in [0.25, 0.3) is 33.5 Å². The van der Waals surface area contributed by atoms with Gasteiger partial charge in [-0.3, -0.25) is 0 Å². The zero-order valence-electron chi connectivity index (χ0n) is 20.8. The molecular weight excluding hydrogens is 468 g/mol. The second-order valence-electron chi connectivity index (χ2n) is 9.28. The van der Waals surface area contributed by atoms with Gasteiger partial charge in [0.25, 0.3) is 0 Å². The average molecular weight is 497 g/mol. The normalized spacial score (nSPS) is 11.5. The predicted octanol–water partition coefficient (Wildman–Crippen LogP) is 6.67. The lowest BCUT2D eigenvalue weighted by Crippen LogP contribution is -2.37. The molecule has 0 bridgehead atoms. The van der Waals surface area contributed by atoms with E-state index in [4.69, 9.17) is 14.0 Å². The summed E-state index contributed by atoms with van der Waals surface area (Å²) >= 11 is 0. The van der Waals surface area contributed by atoms with Gasteiger partial charge in [0, 0.05) is 35.3 Å². The molecule has 0 amide bonds. The second-order valence-corrected chi connectivity index (χ2v) is 9.28. The Bertz CT molecular complexity index is 1500. The van der Waals surface area contributed by atoms with Crippen molar-refractivity contribution in [3.63, 3.8) is 0 Å². The maximum atomic E-state index is 11.5. The Morgan fingerprint density at radius 1 is 0.973 bits per heavy atom. The maximum absolute atomic E-state index is 11.5. The van der Waals surface area contributed by atoms with Crippen LogP contribution in [0.15, 0.2) is 95.6 Å². The Morgan fingerprint density at radius 3 is 2.51 bits per heavy atom. The first-order valence-electron chi connectivity index (χ1n) is 12.2. The standard InChI is InChI=1S/C30H28N2O5/c1-30(2,29(33)34)36-27-11-6-10-26-24(27)16-18-32(26)17-7-19-35-23-14-12-21(13-15-23)25-20-28(37-31-25)22-8-4-3-5-9-22/h3-6,8-16,18,20H,7,17,19H2,1-2H3,(H,33,34). The molecule has 5 aromatic rings. The predicted molar refractivity (Wildman–Crippen MR) is 142 cm³/mol. The van der Waals surface area contributed by atoms with Crippen LogP contribution in [0.5, 0.6) is 11.5 Å². The monoisotopic (exact) mass is 496 g/mol. The molecule has 3 aromatic carbocycles. The van der Waals surface area contributed by atoms with Crippen molar-refractivity contribution in [3.05, 3.63) is 91.1 Å². The van der Waals surface area contributed by atoms with Gasteiger partial charge in [-0.15, -0.1) is 0 Å². The molecule has 5 rings (SSSR count). The molecule has 0 atom stereocenters. The number of hydrogen-bond acceptors (Lipinski definition) is 5. The van der Waals surface area contributed by atoms with Crippen molar-refractivity contribution < 1.29 is 23.9 Å². The molecule has 0 fully saturated rings. The Kier molecular flexibility index (Phi) is 6.68. The molecular formula is C30H28N2O5. The molecule has 0 saturated heterocycles. The molecule has 0 saturated carbocycles. The first-order chi connectivity index (χ1) is 17.9. The van der Waals surface area contributed by atoms with E-state index in [0.717, 1.165) is 52.2 Å². The Balaban J connectivity index is 1.17. The first kappa shape index (κ1) is 24.2. The van der Waals surface area contributed by atoms with Crippen LogP contribution in [-0.4, -0.2) is 33.0 Å². The van der Waals surface area contributed by atoms with Gasteiger partial charge in [0.15, 0.2) is 11.4 Å². The fourth-order valence-electron chi connectivity index (χ4n) is 4.09. The van der Waals surface area contributed by atoms with Gasteiger partial charge >= 0.3 is 5.97 Å². The van der Waals surface area contributed by atoms with Crippen LogP contribution in [0.3, 0.4) is 0 Å². The number of carbonyl (C=O) groups is 1. The molecule has 7 heteroatoms. The largest absolute Gasteiger partial charge is 0.494 e. The van der Waals surface area contributed by atoms with Gasteiger partial charge in [0.1, 0.15) is 17.2 Å². The van der Waals surface area contributed by atoms with Crippen molar-refractivity contribution in [2.45, 2.75) is 32.4 Å². The number of carboxylic acids is 1. The molecule has 7 nitrogen and oxygen atoms in total. The number of benzene rings is 3. The summed E-state index contributed by atoms with van der Waals surface area (Å²) in [4.78, 5) is 11.5. The number of aryl methyl sites for hydroxylation is 1. The highest BCUT2D eigenvalue weighted by atomic mass is 16.5. The van der Waals surface area contributed by atoms with Crippen molar-refractivity contribution in [2.24, 2.45) is 0 Å². The van der Waals surface area contributed by atoms with E-state index in [2.05, 4.69) is 9.72 Å². The van der Waals surface area contributed by atoms with Crippen LogP contribution in [0.4, 0.5) is 0 Å². The zero-order chi connectivity index (χ0) is 25.8. The van der Waals surface area contributed by atoms with E-state index in [-0.39, 0.29) is 0 Å². The topological polar surface area (TPSA) is 86.7 Å². The molecule has 0 aliphatic carbocycles. The fraction of sp³-hybridized carbons (Fsp3) is 0.200. The number of ether oxygens (including phenoxy) is 2. The molecule has 188 valence electrons. The quantitative estimate of drug-likeness (QED) is 0.217. The highest BCUT2D eigenvalue weighted by Gasteiger charge is 2.30. The highest BCUT2D eigenvalue weighted by Crippen LogP contribution is 2.30. The number of rotatable bonds is 10. The molecule has 0 radical (unpaired) electrons. The van der Waals surface area contributed by atoms with Crippen LogP contribution in [-0.2, 0) is 11.3 Å². The van der Waals surface area contributed by atoms with Gasteiger partial charge in [-0.1, -0.05) is 41.6 Å². The summed E-state index contributed by atoms with van der Waals surface area (Å²) in [5, 5.41) is 14.5. The third-order valence-corrected chi connectivity index (χ3v) is 6.18. The van der Waals surface area contributed by atoms with Gasteiger partial charge in [0.2, 0.25) is 0 Å². The molecule has 2 heterocycles. The van der Waals surface area contributed by atoms with E-state index < -0.39 is 11.6 Å². The van der Waals surface area contributed by atoms with E-state index in [0.29, 0.717) is 12.4 Å². The third kappa shape index (κ3) is 5.35. The number of aliphatic carboxylic acids is 1. The summed E-state index contributed by atoms with van der Waals surface area (Å²) in [6.45, 7) is 4.41. The maximum Gasteiger partial charge on any atom is 0.347 e. The molecule has 0 aliphatic rings. The van der Waals surface area contributed by atoms with Crippen molar-refractivity contribution in [1.29, 1.82) is 0 Å². The second kappa shape index (κ2) is 10.2. The minimum atomic E-state index is -1.31. The third-order valence-electron chi connectivity index (χ3n) is 6.18. The van der Waals surface area contributed by atoms with Crippen LogP contribution in [0, 0.1) is 0 Å². The number of nitrogens with zero attached hydrogens (tertiary/aromatic N) is 2. The van der Waals surface area contributed by atoms with E-state index in [9.17, 15) is 9.90 Å². The molecule has 1 N–H and O–H groups in total. The Hall–Kier alpha value is -4.52. The van der Waals surface area contributed by atoms with Crippen LogP contribution >= 0.6 is 0 Å². The summed E-state index contributed by atoms with van der Waals surface area (Å²) in [6, 6.07) is 27.3. The van der Waals surface area contributed by atoms with E-state index in [1.165, 1.54) is 0 Å². The minimum absolute atomic E-state index is 0.558. The lowest BCUT2D eigenvalue weighted by Gasteiger charge is -2.22. The van der Waals surface area contributed by atoms with Gasteiger partial charge in [-0.25, -0.2) is 4.79 Å². The zero-order valence-corrected chi connectivity index (χ0v) is 20.8. The molecule has 0 spiro atoms.